The number of carbonyl (C=O) groups excluding carboxylic acids is 1. The molecule has 0 bridgehead atoms. The molecule has 0 fully saturated rings. The van der Waals surface area contributed by atoms with Gasteiger partial charge >= 0.3 is 0 Å². The van der Waals surface area contributed by atoms with Gasteiger partial charge < -0.3 is 5.32 Å². The van der Waals surface area contributed by atoms with Crippen LogP contribution in [-0.2, 0) is 0 Å². The molecule has 0 aliphatic rings. The highest BCUT2D eigenvalue weighted by atomic mass is 35.5. The molecular formula is C12H14ClFN2O3. The minimum Gasteiger partial charge on any atom is -0.352 e. The van der Waals surface area contributed by atoms with Crippen molar-refractivity contribution in [2.45, 2.75) is 19.3 Å². The number of hydrogen-bond donors (Lipinski definition) is 1. The number of carbonyl (C=O) groups is 1. The first-order valence-electron chi connectivity index (χ1n) is 5.84. The Hall–Kier alpha value is -1.69. The molecule has 1 amide bonds. The van der Waals surface area contributed by atoms with Gasteiger partial charge in [0.15, 0.2) is 0 Å². The number of nitro groups is 1. The van der Waals surface area contributed by atoms with Crippen LogP contribution in [-0.4, -0.2) is 23.3 Å². The van der Waals surface area contributed by atoms with Gasteiger partial charge in [0, 0.05) is 18.5 Å². The van der Waals surface area contributed by atoms with E-state index in [0.717, 1.165) is 37.5 Å². The Morgan fingerprint density at radius 2 is 2.11 bits per heavy atom. The van der Waals surface area contributed by atoms with Crippen LogP contribution in [0.4, 0.5) is 10.1 Å². The summed E-state index contributed by atoms with van der Waals surface area (Å²) in [7, 11) is 0. The molecule has 7 heteroatoms. The summed E-state index contributed by atoms with van der Waals surface area (Å²) in [5, 5.41) is 13.3. The maximum absolute atomic E-state index is 13.0. The molecule has 0 aromatic heterocycles. The molecule has 1 rings (SSSR count). The Morgan fingerprint density at radius 3 is 2.74 bits per heavy atom. The van der Waals surface area contributed by atoms with Gasteiger partial charge in [-0.1, -0.05) is 6.42 Å². The summed E-state index contributed by atoms with van der Waals surface area (Å²) >= 11 is 5.51. The summed E-state index contributed by atoms with van der Waals surface area (Å²) in [4.78, 5) is 21.8. The van der Waals surface area contributed by atoms with E-state index in [1.807, 2.05) is 0 Å². The lowest BCUT2D eigenvalue weighted by atomic mass is 10.1. The van der Waals surface area contributed by atoms with Crippen molar-refractivity contribution in [1.29, 1.82) is 0 Å². The van der Waals surface area contributed by atoms with Gasteiger partial charge in [0.1, 0.15) is 11.4 Å². The van der Waals surface area contributed by atoms with Crippen molar-refractivity contribution in [3.05, 3.63) is 39.7 Å². The fourth-order valence-corrected chi connectivity index (χ4v) is 1.73. The zero-order valence-corrected chi connectivity index (χ0v) is 11.0. The van der Waals surface area contributed by atoms with Crippen molar-refractivity contribution in [2.75, 3.05) is 12.4 Å². The molecule has 1 aromatic carbocycles. The lowest BCUT2D eigenvalue weighted by Gasteiger charge is -2.05. The van der Waals surface area contributed by atoms with Crippen molar-refractivity contribution in [1.82, 2.24) is 5.32 Å². The van der Waals surface area contributed by atoms with E-state index in [0.29, 0.717) is 12.4 Å². The summed E-state index contributed by atoms with van der Waals surface area (Å²) < 4.78 is 13.0. The van der Waals surface area contributed by atoms with E-state index in [1.54, 1.807) is 0 Å². The Labute approximate surface area is 114 Å². The molecule has 104 valence electrons. The minimum atomic E-state index is -0.706. The minimum absolute atomic E-state index is 0.262. The zero-order valence-electron chi connectivity index (χ0n) is 10.2. The number of hydrogen-bond acceptors (Lipinski definition) is 3. The van der Waals surface area contributed by atoms with Crippen LogP contribution in [0.1, 0.15) is 29.6 Å². The normalized spacial score (nSPS) is 10.2. The van der Waals surface area contributed by atoms with Gasteiger partial charge in [-0.3, -0.25) is 14.9 Å². The van der Waals surface area contributed by atoms with Gasteiger partial charge in [0.25, 0.3) is 11.6 Å². The quantitative estimate of drug-likeness (QED) is 0.363. The predicted molar refractivity (Wildman–Crippen MR) is 70.0 cm³/mol. The van der Waals surface area contributed by atoms with Gasteiger partial charge in [-0.15, -0.1) is 11.6 Å². The smallest absolute Gasteiger partial charge is 0.282 e. The number of rotatable bonds is 7. The molecule has 0 unspecified atom stereocenters. The van der Waals surface area contributed by atoms with E-state index in [4.69, 9.17) is 11.6 Å². The lowest BCUT2D eigenvalue weighted by Crippen LogP contribution is -2.25. The van der Waals surface area contributed by atoms with E-state index in [-0.39, 0.29) is 5.56 Å². The fraction of sp³-hybridized carbons (Fsp3) is 0.417. The highest BCUT2D eigenvalue weighted by molar-refractivity contribution is 6.17. The van der Waals surface area contributed by atoms with Gasteiger partial charge in [-0.25, -0.2) is 4.39 Å². The third-order valence-electron chi connectivity index (χ3n) is 2.50. The van der Waals surface area contributed by atoms with Crippen molar-refractivity contribution in [2.24, 2.45) is 0 Å². The van der Waals surface area contributed by atoms with E-state index >= 15 is 0 Å². The van der Waals surface area contributed by atoms with Crippen LogP contribution in [0, 0.1) is 15.9 Å². The Bertz CT molecular complexity index is 468. The summed E-state index contributed by atoms with van der Waals surface area (Å²) in [6.07, 6.45) is 2.42. The Balaban J connectivity index is 2.65. The topological polar surface area (TPSA) is 72.2 Å². The van der Waals surface area contributed by atoms with Gasteiger partial charge in [-0.2, -0.15) is 0 Å². The van der Waals surface area contributed by atoms with Crippen LogP contribution in [0.2, 0.25) is 0 Å². The lowest BCUT2D eigenvalue weighted by molar-refractivity contribution is -0.385. The SMILES string of the molecule is O=C(NCCCCCCl)c1cc(F)ccc1[N+](=O)[O-]. The van der Waals surface area contributed by atoms with Crippen LogP contribution in [0.15, 0.2) is 18.2 Å². The third kappa shape index (κ3) is 4.82. The van der Waals surface area contributed by atoms with Crippen LogP contribution in [0.25, 0.3) is 0 Å². The zero-order chi connectivity index (χ0) is 14.3. The molecule has 0 aliphatic heterocycles. The first kappa shape index (κ1) is 15.4. The Morgan fingerprint density at radius 1 is 1.37 bits per heavy atom. The molecule has 0 aliphatic carbocycles. The molecular weight excluding hydrogens is 275 g/mol. The van der Waals surface area contributed by atoms with Crippen molar-refractivity contribution in [3.8, 4) is 0 Å². The van der Waals surface area contributed by atoms with E-state index in [9.17, 15) is 19.3 Å². The molecule has 5 nitrogen and oxygen atoms in total. The van der Waals surface area contributed by atoms with E-state index in [2.05, 4.69) is 5.32 Å². The predicted octanol–water partition coefficient (Wildman–Crippen LogP) is 2.87. The number of alkyl halides is 1. The monoisotopic (exact) mass is 288 g/mol. The van der Waals surface area contributed by atoms with Gasteiger partial charge in [0.2, 0.25) is 0 Å². The van der Waals surface area contributed by atoms with Crippen LogP contribution < -0.4 is 5.32 Å². The van der Waals surface area contributed by atoms with Gasteiger partial charge in [0.05, 0.1) is 4.92 Å². The molecule has 19 heavy (non-hydrogen) atoms. The molecule has 0 heterocycles. The number of benzene rings is 1. The van der Waals surface area contributed by atoms with E-state index < -0.39 is 22.3 Å². The van der Waals surface area contributed by atoms with Crippen LogP contribution in [0.3, 0.4) is 0 Å². The molecule has 0 saturated heterocycles. The second kappa shape index (κ2) is 7.68. The second-order valence-electron chi connectivity index (χ2n) is 3.92. The van der Waals surface area contributed by atoms with Crippen molar-refractivity contribution >= 4 is 23.2 Å². The van der Waals surface area contributed by atoms with Gasteiger partial charge in [-0.05, 0) is 25.0 Å². The average molecular weight is 289 g/mol. The first-order chi connectivity index (χ1) is 9.06. The average Bonchev–Trinajstić information content (AvgIpc) is 2.37. The number of nitrogens with zero attached hydrogens (tertiary/aromatic N) is 1. The highest BCUT2D eigenvalue weighted by Gasteiger charge is 2.20. The van der Waals surface area contributed by atoms with E-state index in [1.165, 1.54) is 0 Å². The molecule has 0 saturated carbocycles. The Kier molecular flexibility index (Phi) is 6.21. The first-order valence-corrected chi connectivity index (χ1v) is 6.38. The number of nitro benzene ring substituents is 1. The van der Waals surface area contributed by atoms with Crippen molar-refractivity contribution < 1.29 is 14.1 Å². The summed E-state index contributed by atoms with van der Waals surface area (Å²) in [5.74, 6) is -0.765. The molecule has 0 atom stereocenters. The molecule has 0 radical (unpaired) electrons. The third-order valence-corrected chi connectivity index (χ3v) is 2.76. The standard InChI is InChI=1S/C12H14ClFN2O3/c13-6-2-1-3-7-15-12(17)10-8-9(14)4-5-11(10)16(18)19/h4-5,8H,1-3,6-7H2,(H,15,17). The van der Waals surface area contributed by atoms with Crippen molar-refractivity contribution in [3.63, 3.8) is 0 Å². The maximum Gasteiger partial charge on any atom is 0.282 e. The maximum atomic E-state index is 13.0. The molecule has 0 spiro atoms. The number of nitrogens with one attached hydrogen (secondary N) is 1. The second-order valence-corrected chi connectivity index (χ2v) is 4.30. The van der Waals surface area contributed by atoms with Crippen LogP contribution in [0.5, 0.6) is 0 Å². The number of halogens is 2. The number of amides is 1. The molecule has 1 N–H and O–H groups in total. The molecule has 1 aromatic rings. The largest absolute Gasteiger partial charge is 0.352 e. The summed E-state index contributed by atoms with van der Waals surface area (Å²) in [6.45, 7) is 0.378. The fourth-order valence-electron chi connectivity index (χ4n) is 1.54. The number of unbranched alkanes of at least 4 members (excludes halogenated alkanes) is 2. The van der Waals surface area contributed by atoms with Crippen LogP contribution >= 0.6 is 11.6 Å². The highest BCUT2D eigenvalue weighted by Crippen LogP contribution is 2.19. The summed E-state index contributed by atoms with van der Waals surface area (Å²) in [6, 6.07) is 2.80. The summed E-state index contributed by atoms with van der Waals surface area (Å²) in [5.41, 5.74) is -0.665.